The molecule has 0 unspecified atom stereocenters. The van der Waals surface area contributed by atoms with Gasteiger partial charge in [0.2, 0.25) is 0 Å². The number of hydrogen-bond donors (Lipinski definition) is 1. The van der Waals surface area contributed by atoms with Crippen molar-refractivity contribution in [3.05, 3.63) is 53.7 Å². The molecule has 0 aliphatic rings. The molecule has 2 heterocycles. The van der Waals surface area contributed by atoms with E-state index >= 15 is 0 Å². The summed E-state index contributed by atoms with van der Waals surface area (Å²) < 4.78 is 22.9. The maximum atomic E-state index is 12.9. The van der Waals surface area contributed by atoms with Gasteiger partial charge >= 0.3 is 0 Å². The first-order chi connectivity index (χ1) is 10.1. The number of halogens is 1. The zero-order chi connectivity index (χ0) is 14.8. The van der Waals surface area contributed by atoms with Crippen LogP contribution in [0, 0.1) is 12.7 Å². The zero-order valence-electron chi connectivity index (χ0n) is 11.0. The third-order valence-corrected chi connectivity index (χ3v) is 2.79. The molecule has 21 heavy (non-hydrogen) atoms. The highest BCUT2D eigenvalue weighted by atomic mass is 19.1. The van der Waals surface area contributed by atoms with E-state index in [1.807, 2.05) is 0 Å². The van der Waals surface area contributed by atoms with E-state index in [9.17, 15) is 9.18 Å². The van der Waals surface area contributed by atoms with Gasteiger partial charge in [-0.15, -0.1) is 0 Å². The molecule has 0 saturated heterocycles. The minimum absolute atomic E-state index is 0.224. The fourth-order valence-corrected chi connectivity index (χ4v) is 1.82. The monoisotopic (exact) mass is 287 g/mol. The van der Waals surface area contributed by atoms with Crippen molar-refractivity contribution < 1.29 is 18.2 Å². The molecule has 106 valence electrons. The molecule has 0 aliphatic heterocycles. The zero-order valence-corrected chi connectivity index (χ0v) is 11.0. The summed E-state index contributed by atoms with van der Waals surface area (Å²) in [5.41, 5.74) is 0.776. The molecule has 3 rings (SSSR count). The van der Waals surface area contributed by atoms with Crippen molar-refractivity contribution in [1.82, 2.24) is 10.3 Å². The van der Waals surface area contributed by atoms with Gasteiger partial charge in [0.1, 0.15) is 17.1 Å². The second kappa shape index (κ2) is 5.20. The molecule has 0 radical (unpaired) electrons. The van der Waals surface area contributed by atoms with E-state index in [2.05, 4.69) is 15.6 Å². The molecule has 0 bridgehead atoms. The molecule has 1 N–H and O–H groups in total. The van der Waals surface area contributed by atoms with Crippen molar-refractivity contribution in [3.63, 3.8) is 0 Å². The number of nitrogens with one attached hydrogen (secondary N) is 1. The van der Waals surface area contributed by atoms with Crippen molar-refractivity contribution in [3.8, 4) is 11.3 Å². The molecule has 3 aromatic rings. The second-order valence-electron chi connectivity index (χ2n) is 4.35. The Kier molecular flexibility index (Phi) is 3.23. The van der Waals surface area contributed by atoms with Gasteiger partial charge in [-0.2, -0.15) is 0 Å². The Labute approximate surface area is 118 Å². The maximum absolute atomic E-state index is 12.9. The first-order valence-electron chi connectivity index (χ1n) is 6.09. The first kappa shape index (κ1) is 13.0. The van der Waals surface area contributed by atoms with Crippen LogP contribution in [0.3, 0.4) is 0 Å². The van der Waals surface area contributed by atoms with E-state index in [-0.39, 0.29) is 17.1 Å². The van der Waals surface area contributed by atoms with Crippen LogP contribution in [-0.2, 0) is 0 Å². The highest BCUT2D eigenvalue weighted by molar-refractivity contribution is 6.07. The Morgan fingerprint density at radius 3 is 2.67 bits per heavy atom. The van der Waals surface area contributed by atoms with Gasteiger partial charge in [0, 0.05) is 11.6 Å². The van der Waals surface area contributed by atoms with Crippen LogP contribution < -0.4 is 5.32 Å². The Hall–Kier alpha value is -2.96. The lowest BCUT2D eigenvalue weighted by atomic mass is 10.1. The van der Waals surface area contributed by atoms with Crippen LogP contribution >= 0.6 is 0 Å². The van der Waals surface area contributed by atoms with Gasteiger partial charge < -0.3 is 14.4 Å². The quantitative estimate of drug-likeness (QED) is 0.800. The van der Waals surface area contributed by atoms with Gasteiger partial charge in [-0.05, 0) is 31.2 Å². The predicted octanol–water partition coefficient (Wildman–Crippen LogP) is 3.03. The minimum atomic E-state index is -0.441. The first-order valence-corrected chi connectivity index (χ1v) is 6.09. The molecule has 0 fully saturated rings. The molecule has 1 aromatic carbocycles. The fraction of sp³-hybridized carbons (Fsp3) is 0.0714. The maximum Gasteiger partial charge on any atom is 0.262 e. The summed E-state index contributed by atoms with van der Waals surface area (Å²) in [7, 11) is 0. The molecule has 2 aromatic heterocycles. The number of aryl methyl sites for hydroxylation is 1. The lowest BCUT2D eigenvalue weighted by Crippen LogP contribution is -2.12. The van der Waals surface area contributed by atoms with Crippen molar-refractivity contribution >= 4 is 11.7 Å². The molecule has 1 amide bonds. The SMILES string of the molecule is Cc1cc(NC(=O)c2cnoc2-c2ccc(F)cc2)no1. The number of anilines is 1. The number of rotatable bonds is 3. The summed E-state index contributed by atoms with van der Waals surface area (Å²) >= 11 is 0. The Morgan fingerprint density at radius 1 is 1.24 bits per heavy atom. The second-order valence-corrected chi connectivity index (χ2v) is 4.35. The molecular weight excluding hydrogens is 277 g/mol. The fourth-order valence-electron chi connectivity index (χ4n) is 1.82. The third-order valence-electron chi connectivity index (χ3n) is 2.79. The largest absolute Gasteiger partial charge is 0.360 e. The lowest BCUT2D eigenvalue weighted by Gasteiger charge is -2.01. The van der Waals surface area contributed by atoms with Crippen molar-refractivity contribution in [2.24, 2.45) is 0 Å². The highest BCUT2D eigenvalue weighted by Crippen LogP contribution is 2.24. The number of benzene rings is 1. The van der Waals surface area contributed by atoms with Crippen LogP contribution in [0.1, 0.15) is 16.1 Å². The van der Waals surface area contributed by atoms with Gasteiger partial charge in [0.15, 0.2) is 11.6 Å². The topological polar surface area (TPSA) is 81.2 Å². The van der Waals surface area contributed by atoms with Crippen molar-refractivity contribution in [2.45, 2.75) is 6.92 Å². The molecule has 6 nitrogen and oxygen atoms in total. The van der Waals surface area contributed by atoms with E-state index in [0.717, 1.165) is 0 Å². The number of carbonyl (C=O) groups excluding carboxylic acids is 1. The van der Waals surface area contributed by atoms with E-state index in [1.54, 1.807) is 13.0 Å². The smallest absolute Gasteiger partial charge is 0.262 e. The Bertz CT molecular complexity index is 777. The summed E-state index contributed by atoms with van der Waals surface area (Å²) in [4.78, 5) is 12.2. The van der Waals surface area contributed by atoms with E-state index in [4.69, 9.17) is 9.05 Å². The van der Waals surface area contributed by atoms with Gasteiger partial charge in [-0.1, -0.05) is 10.3 Å². The van der Waals surface area contributed by atoms with Gasteiger partial charge in [0.25, 0.3) is 5.91 Å². The number of hydrogen-bond acceptors (Lipinski definition) is 5. The summed E-state index contributed by atoms with van der Waals surface area (Å²) in [6.45, 7) is 1.71. The number of aromatic nitrogens is 2. The molecule has 0 atom stereocenters. The number of carbonyl (C=O) groups is 1. The normalized spacial score (nSPS) is 10.6. The third kappa shape index (κ3) is 2.66. The van der Waals surface area contributed by atoms with Crippen LogP contribution in [0.2, 0.25) is 0 Å². The highest BCUT2D eigenvalue weighted by Gasteiger charge is 2.19. The molecule has 0 spiro atoms. The van der Waals surface area contributed by atoms with E-state index in [1.165, 1.54) is 30.5 Å². The average molecular weight is 287 g/mol. The molecule has 0 saturated carbocycles. The van der Waals surface area contributed by atoms with Crippen LogP contribution in [0.5, 0.6) is 0 Å². The molecule has 7 heteroatoms. The summed E-state index contributed by atoms with van der Waals surface area (Å²) in [6, 6.07) is 7.16. The number of amides is 1. The Balaban J connectivity index is 1.88. The molecule has 0 aliphatic carbocycles. The average Bonchev–Trinajstić information content (AvgIpc) is 3.09. The standard InChI is InChI=1S/C14H10FN3O3/c1-8-6-12(18-20-8)17-14(19)11-7-16-21-13(11)9-2-4-10(15)5-3-9/h2-7H,1H3,(H,17,18,19). The van der Waals surface area contributed by atoms with Crippen molar-refractivity contribution in [1.29, 1.82) is 0 Å². The van der Waals surface area contributed by atoms with Crippen LogP contribution in [-0.4, -0.2) is 16.2 Å². The minimum Gasteiger partial charge on any atom is -0.360 e. The summed E-state index contributed by atoms with van der Waals surface area (Å²) in [5.74, 6) is 0.317. The van der Waals surface area contributed by atoms with Crippen LogP contribution in [0.25, 0.3) is 11.3 Å². The van der Waals surface area contributed by atoms with E-state index in [0.29, 0.717) is 17.1 Å². The Morgan fingerprint density at radius 2 is 2.00 bits per heavy atom. The van der Waals surface area contributed by atoms with Crippen LogP contribution in [0.4, 0.5) is 10.2 Å². The van der Waals surface area contributed by atoms with Gasteiger partial charge in [-0.3, -0.25) is 4.79 Å². The van der Waals surface area contributed by atoms with E-state index < -0.39 is 5.91 Å². The van der Waals surface area contributed by atoms with Crippen LogP contribution in [0.15, 0.2) is 45.6 Å². The van der Waals surface area contributed by atoms with Crippen molar-refractivity contribution in [2.75, 3.05) is 5.32 Å². The predicted molar refractivity (Wildman–Crippen MR) is 71.1 cm³/mol. The molecular formula is C14H10FN3O3. The number of nitrogens with zero attached hydrogens (tertiary/aromatic N) is 2. The van der Waals surface area contributed by atoms with Gasteiger partial charge in [0.05, 0.1) is 6.20 Å². The lowest BCUT2D eigenvalue weighted by molar-refractivity contribution is 0.102. The van der Waals surface area contributed by atoms with Gasteiger partial charge in [-0.25, -0.2) is 4.39 Å². The summed E-state index contributed by atoms with van der Waals surface area (Å²) in [6.07, 6.45) is 1.29. The summed E-state index contributed by atoms with van der Waals surface area (Å²) in [5, 5.41) is 9.86.